The molecule has 23 heavy (non-hydrogen) atoms. The highest BCUT2D eigenvalue weighted by atomic mass is 35.5. The Labute approximate surface area is 146 Å². The van der Waals surface area contributed by atoms with Gasteiger partial charge in [-0.1, -0.05) is 0 Å². The van der Waals surface area contributed by atoms with E-state index in [1.54, 1.807) is 12.1 Å². The maximum Gasteiger partial charge on any atom is 0.269 e. The number of nitro groups is 1. The summed E-state index contributed by atoms with van der Waals surface area (Å²) in [5.41, 5.74) is 0.0666. The fourth-order valence-electron chi connectivity index (χ4n) is 2.71. The lowest BCUT2D eigenvalue weighted by molar-refractivity contribution is -0.384. The van der Waals surface area contributed by atoms with Gasteiger partial charge < -0.3 is 10.2 Å². The van der Waals surface area contributed by atoms with E-state index in [1.165, 1.54) is 23.9 Å². The van der Waals surface area contributed by atoms with E-state index in [2.05, 4.69) is 5.32 Å². The minimum absolute atomic E-state index is 0. The quantitative estimate of drug-likeness (QED) is 0.480. The van der Waals surface area contributed by atoms with Gasteiger partial charge in [0.05, 0.1) is 10.2 Å². The Kier molecular flexibility index (Phi) is 7.81. The normalized spacial score (nSPS) is 18.3. The third-order valence-corrected chi connectivity index (χ3v) is 4.91. The Morgan fingerprint density at radius 3 is 2.70 bits per heavy atom. The third-order valence-electron chi connectivity index (χ3n) is 3.81. The Balaban J connectivity index is 0.00000264. The van der Waals surface area contributed by atoms with Crippen LogP contribution in [0.1, 0.15) is 19.8 Å². The van der Waals surface area contributed by atoms with Crippen molar-refractivity contribution in [2.75, 3.05) is 20.1 Å². The van der Waals surface area contributed by atoms with Crippen LogP contribution in [0, 0.1) is 10.1 Å². The summed E-state index contributed by atoms with van der Waals surface area (Å²) in [5.74, 6) is 0.140. The molecule has 0 saturated carbocycles. The van der Waals surface area contributed by atoms with E-state index in [0.29, 0.717) is 0 Å². The van der Waals surface area contributed by atoms with Crippen molar-refractivity contribution < 1.29 is 9.72 Å². The molecule has 1 fully saturated rings. The molecule has 0 spiro atoms. The number of halogens is 1. The lowest BCUT2D eigenvalue weighted by Gasteiger charge is -2.27. The van der Waals surface area contributed by atoms with Gasteiger partial charge >= 0.3 is 0 Å². The van der Waals surface area contributed by atoms with Crippen molar-refractivity contribution in [2.24, 2.45) is 0 Å². The highest BCUT2D eigenvalue weighted by Gasteiger charge is 2.31. The molecule has 2 atom stereocenters. The molecule has 6 nitrogen and oxygen atoms in total. The van der Waals surface area contributed by atoms with Gasteiger partial charge in [-0.05, 0) is 38.9 Å². The first-order chi connectivity index (χ1) is 10.5. The Bertz CT molecular complexity index is 541. The minimum Gasteiger partial charge on any atom is -0.337 e. The summed E-state index contributed by atoms with van der Waals surface area (Å²) in [6.07, 6.45) is 2.09. The van der Waals surface area contributed by atoms with Crippen molar-refractivity contribution in [1.29, 1.82) is 0 Å². The van der Waals surface area contributed by atoms with Crippen LogP contribution in [0.25, 0.3) is 0 Å². The van der Waals surface area contributed by atoms with Crippen LogP contribution in [-0.2, 0) is 4.79 Å². The number of thioether (sulfide) groups is 1. The number of carbonyl (C=O) groups is 1. The van der Waals surface area contributed by atoms with E-state index in [1.807, 2.05) is 18.9 Å². The van der Waals surface area contributed by atoms with Crippen LogP contribution in [0.3, 0.4) is 0 Å². The highest BCUT2D eigenvalue weighted by molar-refractivity contribution is 8.00. The number of rotatable bonds is 6. The van der Waals surface area contributed by atoms with E-state index in [9.17, 15) is 14.9 Å². The van der Waals surface area contributed by atoms with Crippen LogP contribution in [0.4, 0.5) is 5.69 Å². The molecule has 0 aromatic heterocycles. The summed E-state index contributed by atoms with van der Waals surface area (Å²) < 4.78 is 0. The molecule has 1 aliphatic rings. The van der Waals surface area contributed by atoms with E-state index in [0.717, 1.165) is 30.8 Å². The molecule has 0 aliphatic carbocycles. The second kappa shape index (κ2) is 9.10. The number of hydrogen-bond acceptors (Lipinski definition) is 5. The Morgan fingerprint density at radius 1 is 1.48 bits per heavy atom. The molecule has 1 heterocycles. The summed E-state index contributed by atoms with van der Waals surface area (Å²) in [7, 11) is 1.90. The number of amides is 1. The molecular weight excluding hydrogens is 338 g/mol. The predicted octanol–water partition coefficient (Wildman–Crippen LogP) is 2.71. The molecule has 128 valence electrons. The summed E-state index contributed by atoms with van der Waals surface area (Å²) in [6, 6.07) is 6.61. The van der Waals surface area contributed by atoms with Crippen LogP contribution in [-0.4, -0.2) is 47.2 Å². The molecule has 1 aromatic carbocycles. The lowest BCUT2D eigenvalue weighted by Crippen LogP contribution is -2.44. The third kappa shape index (κ3) is 5.09. The molecule has 8 heteroatoms. The van der Waals surface area contributed by atoms with E-state index < -0.39 is 4.92 Å². The molecule has 0 bridgehead atoms. The number of non-ortho nitro benzene ring substituents is 1. The zero-order valence-electron chi connectivity index (χ0n) is 13.2. The van der Waals surface area contributed by atoms with Crippen molar-refractivity contribution >= 4 is 35.8 Å². The van der Waals surface area contributed by atoms with Gasteiger partial charge in [0.15, 0.2) is 0 Å². The average molecular weight is 360 g/mol. The molecule has 1 aromatic rings. The molecule has 2 unspecified atom stereocenters. The Hall–Kier alpha value is -1.31. The zero-order valence-corrected chi connectivity index (χ0v) is 14.9. The monoisotopic (exact) mass is 359 g/mol. The number of likely N-dealkylation sites (tertiary alicyclic amines) is 1. The number of nitro benzene ring substituents is 1. The number of benzene rings is 1. The Morgan fingerprint density at radius 2 is 2.13 bits per heavy atom. The van der Waals surface area contributed by atoms with Gasteiger partial charge in [-0.2, -0.15) is 0 Å². The maximum atomic E-state index is 12.6. The first-order valence-corrected chi connectivity index (χ1v) is 8.27. The second-order valence-electron chi connectivity index (χ2n) is 5.40. The number of likely N-dealkylation sites (N-methyl/N-ethyl adjacent to an activating group) is 1. The number of nitrogens with zero attached hydrogens (tertiary/aromatic N) is 2. The molecule has 1 N–H and O–H groups in total. The van der Waals surface area contributed by atoms with Gasteiger partial charge in [-0.3, -0.25) is 14.9 Å². The largest absolute Gasteiger partial charge is 0.337 e. The van der Waals surface area contributed by atoms with Crippen molar-refractivity contribution in [3.05, 3.63) is 34.4 Å². The SMILES string of the molecule is CNCC1CCCN1C(=O)C(C)Sc1ccc([N+](=O)[O-])cc1.Cl. The summed E-state index contributed by atoms with van der Waals surface area (Å²) in [4.78, 5) is 25.6. The van der Waals surface area contributed by atoms with Crippen molar-refractivity contribution in [3.63, 3.8) is 0 Å². The number of hydrogen-bond donors (Lipinski definition) is 1. The van der Waals surface area contributed by atoms with E-state index >= 15 is 0 Å². The molecule has 1 aliphatic heterocycles. The van der Waals surface area contributed by atoms with E-state index in [-0.39, 0.29) is 35.3 Å². The van der Waals surface area contributed by atoms with Crippen molar-refractivity contribution in [1.82, 2.24) is 10.2 Å². The summed E-state index contributed by atoms with van der Waals surface area (Å²) >= 11 is 1.44. The average Bonchev–Trinajstić information content (AvgIpc) is 2.95. The van der Waals surface area contributed by atoms with Crippen LogP contribution in [0.2, 0.25) is 0 Å². The zero-order chi connectivity index (χ0) is 16.1. The molecule has 1 amide bonds. The van der Waals surface area contributed by atoms with Crippen molar-refractivity contribution in [3.8, 4) is 0 Å². The first-order valence-electron chi connectivity index (χ1n) is 7.39. The smallest absolute Gasteiger partial charge is 0.269 e. The number of nitrogens with one attached hydrogen (secondary N) is 1. The lowest BCUT2D eigenvalue weighted by atomic mass is 10.2. The van der Waals surface area contributed by atoms with Crippen molar-refractivity contribution in [2.45, 2.75) is 36.0 Å². The molecule has 0 radical (unpaired) electrons. The van der Waals surface area contributed by atoms with Crippen LogP contribution >= 0.6 is 24.2 Å². The molecular formula is C15H22ClN3O3S. The minimum atomic E-state index is -0.421. The fourth-order valence-corrected chi connectivity index (χ4v) is 3.65. The molecule has 2 rings (SSSR count). The van der Waals surface area contributed by atoms with Gasteiger partial charge in [-0.25, -0.2) is 0 Å². The molecule has 1 saturated heterocycles. The standard InChI is InChI=1S/C15H21N3O3S.ClH/c1-11(15(19)17-9-3-4-13(17)10-16-2)22-14-7-5-12(6-8-14)18(20)21;/h5-8,11,13,16H,3-4,9-10H2,1-2H3;1H. The van der Waals surface area contributed by atoms with Gasteiger partial charge in [0.2, 0.25) is 5.91 Å². The van der Waals surface area contributed by atoms with Crippen LogP contribution < -0.4 is 5.32 Å². The second-order valence-corrected chi connectivity index (χ2v) is 6.81. The first kappa shape index (κ1) is 19.7. The summed E-state index contributed by atoms with van der Waals surface area (Å²) in [6.45, 7) is 3.53. The fraction of sp³-hybridized carbons (Fsp3) is 0.533. The number of carbonyl (C=O) groups excluding carboxylic acids is 1. The topological polar surface area (TPSA) is 75.5 Å². The van der Waals surface area contributed by atoms with E-state index in [4.69, 9.17) is 0 Å². The summed E-state index contributed by atoms with van der Waals surface area (Å²) in [5, 5.41) is 13.6. The maximum absolute atomic E-state index is 12.6. The van der Waals surface area contributed by atoms with Crippen LogP contribution in [0.5, 0.6) is 0 Å². The van der Waals surface area contributed by atoms with Gasteiger partial charge in [-0.15, -0.1) is 24.2 Å². The van der Waals surface area contributed by atoms with Gasteiger partial charge in [0.1, 0.15) is 0 Å². The highest BCUT2D eigenvalue weighted by Crippen LogP contribution is 2.28. The predicted molar refractivity (Wildman–Crippen MR) is 94.3 cm³/mol. The van der Waals surface area contributed by atoms with Gasteiger partial charge in [0, 0.05) is 36.2 Å². The van der Waals surface area contributed by atoms with Crippen LogP contribution in [0.15, 0.2) is 29.2 Å². The van der Waals surface area contributed by atoms with Gasteiger partial charge in [0.25, 0.3) is 5.69 Å².